The Morgan fingerprint density at radius 3 is 1.94 bits per heavy atom. The molecule has 0 heterocycles. The summed E-state index contributed by atoms with van der Waals surface area (Å²) in [5.74, 6) is -0.423. The Labute approximate surface area is 109 Å². The minimum atomic E-state index is -3.51. The van der Waals surface area contributed by atoms with Gasteiger partial charge in [-0.2, -0.15) is 17.0 Å². The van der Waals surface area contributed by atoms with E-state index in [2.05, 4.69) is 4.74 Å². The number of esters is 1. The minimum Gasteiger partial charge on any atom is -0.469 e. The van der Waals surface area contributed by atoms with Crippen LogP contribution in [0.1, 0.15) is 6.42 Å². The van der Waals surface area contributed by atoms with Gasteiger partial charge in [-0.15, -0.1) is 0 Å². The first kappa shape index (κ1) is 17.3. The second kappa shape index (κ2) is 7.67. The summed E-state index contributed by atoms with van der Waals surface area (Å²) in [6, 6.07) is 0. The topological polar surface area (TPSA) is 70.2 Å². The van der Waals surface area contributed by atoms with Gasteiger partial charge in [-0.3, -0.25) is 4.79 Å². The molecule has 0 aliphatic heterocycles. The molecule has 0 aliphatic carbocycles. The summed E-state index contributed by atoms with van der Waals surface area (Å²) < 4.78 is 30.9. The van der Waals surface area contributed by atoms with Crippen LogP contribution in [0.3, 0.4) is 0 Å². The van der Waals surface area contributed by atoms with Gasteiger partial charge in [0.1, 0.15) is 0 Å². The predicted molar refractivity (Wildman–Crippen MR) is 69.4 cm³/mol. The fraction of sp³-hybridized carbons (Fsp3) is 0.900. The van der Waals surface area contributed by atoms with Crippen molar-refractivity contribution in [3.05, 3.63) is 0 Å². The van der Waals surface area contributed by atoms with E-state index < -0.39 is 16.2 Å². The van der Waals surface area contributed by atoms with Crippen molar-refractivity contribution in [1.82, 2.24) is 13.5 Å². The summed E-state index contributed by atoms with van der Waals surface area (Å²) in [4.78, 5) is 12.9. The van der Waals surface area contributed by atoms with Gasteiger partial charge in [-0.25, -0.2) is 0 Å². The van der Waals surface area contributed by atoms with E-state index in [-0.39, 0.29) is 13.0 Å². The van der Waals surface area contributed by atoms with Crippen molar-refractivity contribution in [2.24, 2.45) is 0 Å². The lowest BCUT2D eigenvalue weighted by molar-refractivity contribution is -0.140. The van der Waals surface area contributed by atoms with Gasteiger partial charge in [0.15, 0.2) is 0 Å². The van der Waals surface area contributed by atoms with Crippen molar-refractivity contribution in [1.29, 1.82) is 0 Å². The molecule has 0 amide bonds. The smallest absolute Gasteiger partial charge is 0.306 e. The number of carbonyl (C=O) groups is 1. The van der Waals surface area contributed by atoms with Crippen LogP contribution < -0.4 is 0 Å². The monoisotopic (exact) mass is 281 g/mol. The van der Waals surface area contributed by atoms with Gasteiger partial charge in [0.25, 0.3) is 10.2 Å². The fourth-order valence-electron chi connectivity index (χ4n) is 1.16. The van der Waals surface area contributed by atoms with Crippen molar-refractivity contribution >= 4 is 16.2 Å². The summed E-state index contributed by atoms with van der Waals surface area (Å²) >= 11 is 0. The molecule has 0 atom stereocenters. The lowest BCUT2D eigenvalue weighted by atomic mass is 10.4. The van der Waals surface area contributed by atoms with Crippen LogP contribution in [-0.2, 0) is 19.7 Å². The highest BCUT2D eigenvalue weighted by Crippen LogP contribution is 2.04. The molecule has 0 fully saturated rings. The fourth-order valence-corrected chi connectivity index (χ4v) is 2.27. The molecule has 0 unspecified atom stereocenters. The molecule has 0 rings (SSSR count). The maximum atomic E-state index is 12.0. The van der Waals surface area contributed by atoms with Gasteiger partial charge >= 0.3 is 5.97 Å². The van der Waals surface area contributed by atoms with Crippen LogP contribution in [0, 0.1) is 0 Å². The molecule has 0 aliphatic rings. The van der Waals surface area contributed by atoms with Crippen LogP contribution in [0.2, 0.25) is 0 Å². The highest BCUT2D eigenvalue weighted by Gasteiger charge is 2.23. The van der Waals surface area contributed by atoms with Crippen LogP contribution >= 0.6 is 0 Å². The van der Waals surface area contributed by atoms with E-state index in [4.69, 9.17) is 0 Å². The molecule has 7 nitrogen and oxygen atoms in total. The van der Waals surface area contributed by atoms with Crippen molar-refractivity contribution in [3.8, 4) is 0 Å². The zero-order chi connectivity index (χ0) is 14.3. The molecular weight excluding hydrogens is 258 g/mol. The first-order chi connectivity index (χ1) is 8.21. The van der Waals surface area contributed by atoms with Crippen LogP contribution in [0.5, 0.6) is 0 Å². The van der Waals surface area contributed by atoms with Gasteiger partial charge in [0, 0.05) is 33.7 Å². The third kappa shape index (κ3) is 5.76. The quantitative estimate of drug-likeness (QED) is 0.546. The van der Waals surface area contributed by atoms with E-state index in [1.54, 1.807) is 0 Å². The first-order valence-corrected chi connectivity index (χ1v) is 7.00. The molecule has 0 saturated carbocycles. The molecule has 0 aromatic heterocycles. The standard InChI is InChI=1S/C10H23N3O4S/c1-11(2)8-9-13(4)18(15,16)12(3)7-6-10(14)17-5/h6-9H2,1-5H3. The Bertz CT molecular complexity index is 356. The number of hydrogen-bond acceptors (Lipinski definition) is 5. The van der Waals surface area contributed by atoms with Crippen LogP contribution in [0.4, 0.5) is 0 Å². The molecule has 0 N–H and O–H groups in total. The molecule has 108 valence electrons. The van der Waals surface area contributed by atoms with Gasteiger partial charge in [-0.05, 0) is 14.1 Å². The SMILES string of the molecule is COC(=O)CCN(C)S(=O)(=O)N(C)CCN(C)C. The van der Waals surface area contributed by atoms with Crippen LogP contribution in [-0.4, -0.2) is 82.8 Å². The number of carbonyl (C=O) groups excluding carboxylic acids is 1. The molecule has 0 saturated heterocycles. The maximum Gasteiger partial charge on any atom is 0.306 e. The van der Waals surface area contributed by atoms with Crippen LogP contribution in [0.15, 0.2) is 0 Å². The Kier molecular flexibility index (Phi) is 7.37. The van der Waals surface area contributed by atoms with E-state index in [1.807, 2.05) is 19.0 Å². The molecule has 0 bridgehead atoms. The number of likely N-dealkylation sites (N-methyl/N-ethyl adjacent to an activating group) is 2. The first-order valence-electron chi connectivity index (χ1n) is 5.61. The Hall–Kier alpha value is -0.700. The molecule has 8 heteroatoms. The van der Waals surface area contributed by atoms with E-state index in [0.717, 1.165) is 4.31 Å². The molecule has 0 aromatic carbocycles. The van der Waals surface area contributed by atoms with E-state index in [9.17, 15) is 13.2 Å². The lowest BCUT2D eigenvalue weighted by Crippen LogP contribution is -2.43. The number of rotatable bonds is 8. The molecule has 0 radical (unpaired) electrons. The highest BCUT2D eigenvalue weighted by molar-refractivity contribution is 7.86. The van der Waals surface area contributed by atoms with Crippen LogP contribution in [0.25, 0.3) is 0 Å². The second-order valence-electron chi connectivity index (χ2n) is 4.28. The van der Waals surface area contributed by atoms with Gasteiger partial charge in [0.2, 0.25) is 0 Å². The predicted octanol–water partition coefficient (Wildman–Crippen LogP) is -0.780. The van der Waals surface area contributed by atoms with Crippen molar-refractivity contribution in [2.75, 3.05) is 54.9 Å². The summed E-state index contributed by atoms with van der Waals surface area (Å²) in [6.45, 7) is 1.15. The van der Waals surface area contributed by atoms with Gasteiger partial charge in [0.05, 0.1) is 13.5 Å². The summed E-state index contributed by atoms with van der Waals surface area (Å²) in [5.41, 5.74) is 0. The molecule has 0 aromatic rings. The van der Waals surface area contributed by atoms with Crippen molar-refractivity contribution in [3.63, 3.8) is 0 Å². The van der Waals surface area contributed by atoms with E-state index in [0.29, 0.717) is 13.1 Å². The molecule has 0 spiro atoms. The molecule has 18 heavy (non-hydrogen) atoms. The van der Waals surface area contributed by atoms with Gasteiger partial charge < -0.3 is 9.64 Å². The molecular formula is C10H23N3O4S. The zero-order valence-electron chi connectivity index (χ0n) is 11.7. The number of nitrogens with zero attached hydrogens (tertiary/aromatic N) is 3. The summed E-state index contributed by atoms with van der Waals surface area (Å²) in [7, 11) is 4.49. The number of ether oxygens (including phenoxy) is 1. The summed E-state index contributed by atoms with van der Waals surface area (Å²) in [6.07, 6.45) is 0.0494. The van der Waals surface area contributed by atoms with Crippen molar-refractivity contribution < 1.29 is 17.9 Å². The number of hydrogen-bond donors (Lipinski definition) is 0. The Morgan fingerprint density at radius 1 is 1.00 bits per heavy atom. The van der Waals surface area contributed by atoms with E-state index >= 15 is 0 Å². The normalized spacial score (nSPS) is 12.4. The Balaban J connectivity index is 4.37. The highest BCUT2D eigenvalue weighted by atomic mass is 32.2. The number of methoxy groups -OCH3 is 1. The van der Waals surface area contributed by atoms with Crippen molar-refractivity contribution in [2.45, 2.75) is 6.42 Å². The van der Waals surface area contributed by atoms with Gasteiger partial charge in [-0.1, -0.05) is 0 Å². The minimum absolute atomic E-state index is 0.0494. The average molecular weight is 281 g/mol. The Morgan fingerprint density at radius 2 is 1.50 bits per heavy atom. The van der Waals surface area contributed by atoms with E-state index in [1.165, 1.54) is 25.5 Å². The third-order valence-corrected chi connectivity index (χ3v) is 4.45. The maximum absolute atomic E-state index is 12.0. The average Bonchev–Trinajstić information content (AvgIpc) is 2.31. The zero-order valence-corrected chi connectivity index (χ0v) is 12.5. The second-order valence-corrected chi connectivity index (χ2v) is 6.42. The third-order valence-electron chi connectivity index (χ3n) is 2.51. The summed E-state index contributed by atoms with van der Waals surface area (Å²) in [5, 5.41) is 0. The lowest BCUT2D eigenvalue weighted by Gasteiger charge is -2.25. The largest absolute Gasteiger partial charge is 0.469 e.